The second-order valence-corrected chi connectivity index (χ2v) is 4.32. The van der Waals surface area contributed by atoms with Crippen LogP contribution in [0, 0.1) is 0 Å². The van der Waals surface area contributed by atoms with Gasteiger partial charge in [-0.2, -0.15) is 8.42 Å². The third-order valence-electron chi connectivity index (χ3n) is 1.93. The minimum Gasteiger partial charge on any atom is -0.394 e. The third kappa shape index (κ3) is 5.20. The van der Waals surface area contributed by atoms with Gasteiger partial charge in [0.1, 0.15) is 18.3 Å². The molecule has 0 spiro atoms. The number of ether oxygens (including phenoxy) is 1. The SMILES string of the molecule is NS(=O)(=O)O.OC[C@H]1O[C@](O)(CO)[C@@H](O)[C@@H]1O. The molecule has 0 unspecified atom stereocenters. The zero-order chi connectivity index (χ0) is 13.9. The lowest BCUT2D eigenvalue weighted by molar-refractivity contribution is -0.248. The van der Waals surface area contributed by atoms with Crippen molar-refractivity contribution in [3.8, 4) is 0 Å². The van der Waals surface area contributed by atoms with E-state index in [0.717, 1.165) is 0 Å². The van der Waals surface area contributed by atoms with E-state index in [9.17, 15) is 5.11 Å². The highest BCUT2D eigenvalue weighted by molar-refractivity contribution is 7.83. The first kappa shape index (κ1) is 16.6. The van der Waals surface area contributed by atoms with E-state index in [1.807, 2.05) is 0 Å². The minimum atomic E-state index is -4.17. The van der Waals surface area contributed by atoms with Crippen LogP contribution in [0.25, 0.3) is 0 Å². The second-order valence-electron chi connectivity index (χ2n) is 3.29. The maximum Gasteiger partial charge on any atom is 0.330 e. The first-order chi connectivity index (χ1) is 7.55. The van der Waals surface area contributed by atoms with E-state index in [1.54, 1.807) is 0 Å². The lowest BCUT2D eigenvalue weighted by atomic mass is 10.1. The van der Waals surface area contributed by atoms with Crippen molar-refractivity contribution in [3.63, 3.8) is 0 Å². The number of hydrogen-bond acceptors (Lipinski definition) is 8. The smallest absolute Gasteiger partial charge is 0.330 e. The molecule has 8 N–H and O–H groups in total. The Morgan fingerprint density at radius 3 is 1.88 bits per heavy atom. The number of nitrogens with two attached hydrogens (primary N) is 1. The molecule has 1 saturated heterocycles. The van der Waals surface area contributed by atoms with Gasteiger partial charge in [0.15, 0.2) is 0 Å². The predicted molar refractivity (Wildman–Crippen MR) is 51.7 cm³/mol. The van der Waals surface area contributed by atoms with Crippen molar-refractivity contribution in [2.75, 3.05) is 13.2 Å². The summed E-state index contributed by atoms with van der Waals surface area (Å²) in [6, 6.07) is 0. The van der Waals surface area contributed by atoms with E-state index in [4.69, 9.17) is 33.4 Å². The van der Waals surface area contributed by atoms with Crippen molar-refractivity contribution < 1.29 is 43.2 Å². The fourth-order valence-electron chi connectivity index (χ4n) is 1.15. The van der Waals surface area contributed by atoms with Crippen LogP contribution in [0.1, 0.15) is 0 Å². The average molecular weight is 277 g/mol. The lowest BCUT2D eigenvalue weighted by Crippen LogP contribution is -2.46. The van der Waals surface area contributed by atoms with Crippen molar-refractivity contribution in [1.29, 1.82) is 0 Å². The number of aliphatic hydroxyl groups is 5. The monoisotopic (exact) mass is 277 g/mol. The number of rotatable bonds is 2. The second kappa shape index (κ2) is 5.99. The molecule has 1 rings (SSSR count). The third-order valence-corrected chi connectivity index (χ3v) is 1.93. The number of hydrogen-bond donors (Lipinski definition) is 7. The Kier molecular flexibility index (Phi) is 5.86. The van der Waals surface area contributed by atoms with Gasteiger partial charge in [-0.3, -0.25) is 4.55 Å². The van der Waals surface area contributed by atoms with Crippen LogP contribution in [-0.2, 0) is 15.0 Å². The fraction of sp³-hybridized carbons (Fsp3) is 1.00. The standard InChI is InChI=1S/C6H12O6.H3NO3S/c7-1-3-4(9)5(10)6(11,2-8)12-3;1-5(2,3)4/h3-5,7-11H,1-2H2;(H3,1,2,3,4)/t3-,4-,5+,6-;/m1./s1. The summed E-state index contributed by atoms with van der Waals surface area (Å²) >= 11 is 0. The van der Waals surface area contributed by atoms with Crippen LogP contribution in [0.3, 0.4) is 0 Å². The van der Waals surface area contributed by atoms with Gasteiger partial charge in [-0.05, 0) is 0 Å². The van der Waals surface area contributed by atoms with Crippen molar-refractivity contribution in [1.82, 2.24) is 0 Å². The van der Waals surface area contributed by atoms with E-state index >= 15 is 0 Å². The van der Waals surface area contributed by atoms with Crippen molar-refractivity contribution in [2.24, 2.45) is 5.14 Å². The summed E-state index contributed by atoms with van der Waals surface area (Å²) in [4.78, 5) is 0. The summed E-state index contributed by atoms with van der Waals surface area (Å²) in [5.74, 6) is -2.16. The highest BCUT2D eigenvalue weighted by Gasteiger charge is 2.52. The molecule has 0 aromatic carbocycles. The Morgan fingerprint density at radius 1 is 1.29 bits per heavy atom. The predicted octanol–water partition coefficient (Wildman–Crippen LogP) is -4.47. The Morgan fingerprint density at radius 2 is 1.71 bits per heavy atom. The average Bonchev–Trinajstić information content (AvgIpc) is 2.41. The van der Waals surface area contributed by atoms with Crippen LogP contribution in [0.2, 0.25) is 0 Å². The molecule has 4 atom stereocenters. The quantitative estimate of drug-likeness (QED) is 0.244. The Bertz CT molecular complexity index is 324. The number of aliphatic hydroxyl groups excluding tert-OH is 4. The summed E-state index contributed by atoms with van der Waals surface area (Å²) in [6.07, 6.45) is -4.04. The van der Waals surface area contributed by atoms with Gasteiger partial charge in [0, 0.05) is 0 Å². The first-order valence-electron chi connectivity index (χ1n) is 4.28. The summed E-state index contributed by atoms with van der Waals surface area (Å²) in [7, 11) is -4.17. The van der Waals surface area contributed by atoms with E-state index < -0.39 is 47.6 Å². The minimum absolute atomic E-state index is 0.527. The molecule has 104 valence electrons. The molecule has 11 heteroatoms. The Labute approximate surface area is 96.8 Å². The molecule has 10 nitrogen and oxygen atoms in total. The van der Waals surface area contributed by atoms with Crippen LogP contribution in [0.4, 0.5) is 0 Å². The molecule has 1 heterocycles. The van der Waals surface area contributed by atoms with Crippen molar-refractivity contribution in [2.45, 2.75) is 24.1 Å². The van der Waals surface area contributed by atoms with Gasteiger partial charge in [0.2, 0.25) is 5.79 Å². The van der Waals surface area contributed by atoms with Gasteiger partial charge in [-0.25, -0.2) is 5.14 Å². The van der Waals surface area contributed by atoms with Gasteiger partial charge < -0.3 is 30.3 Å². The largest absolute Gasteiger partial charge is 0.394 e. The van der Waals surface area contributed by atoms with Gasteiger partial charge >= 0.3 is 10.3 Å². The van der Waals surface area contributed by atoms with Crippen LogP contribution in [0.15, 0.2) is 0 Å². The summed E-state index contributed by atoms with van der Waals surface area (Å²) in [5, 5.41) is 48.6. The molecule has 1 fully saturated rings. The van der Waals surface area contributed by atoms with E-state index in [-0.39, 0.29) is 0 Å². The maximum absolute atomic E-state index is 9.25. The summed E-state index contributed by atoms with van der Waals surface area (Å²) < 4.78 is 29.8. The highest BCUT2D eigenvalue weighted by Crippen LogP contribution is 2.28. The fourth-order valence-corrected chi connectivity index (χ4v) is 1.15. The summed E-state index contributed by atoms with van der Waals surface area (Å²) in [5.41, 5.74) is 0. The van der Waals surface area contributed by atoms with Crippen LogP contribution in [0.5, 0.6) is 0 Å². The first-order valence-corrected chi connectivity index (χ1v) is 5.78. The Hall–Kier alpha value is -0.370. The van der Waals surface area contributed by atoms with Gasteiger partial charge in [-0.1, -0.05) is 0 Å². The zero-order valence-electron chi connectivity index (χ0n) is 8.54. The van der Waals surface area contributed by atoms with Crippen molar-refractivity contribution >= 4 is 10.3 Å². The highest BCUT2D eigenvalue weighted by atomic mass is 32.2. The van der Waals surface area contributed by atoms with Crippen LogP contribution < -0.4 is 5.14 Å². The Balaban J connectivity index is 0.000000437. The molecule has 17 heavy (non-hydrogen) atoms. The van der Waals surface area contributed by atoms with Gasteiger partial charge in [0.25, 0.3) is 0 Å². The van der Waals surface area contributed by atoms with E-state index in [0.29, 0.717) is 0 Å². The van der Waals surface area contributed by atoms with Crippen LogP contribution in [-0.4, -0.2) is 75.8 Å². The maximum atomic E-state index is 9.25. The molecule has 0 saturated carbocycles. The molecule has 1 aliphatic rings. The topological polar surface area (TPSA) is 191 Å². The van der Waals surface area contributed by atoms with E-state index in [2.05, 4.69) is 9.88 Å². The summed E-state index contributed by atoms with van der Waals surface area (Å²) in [6.45, 7) is -1.36. The molecular formula is C6H15NO9S. The van der Waals surface area contributed by atoms with Crippen LogP contribution >= 0.6 is 0 Å². The normalized spacial score (nSPS) is 37.5. The zero-order valence-corrected chi connectivity index (χ0v) is 9.36. The molecule has 1 aliphatic heterocycles. The molecular weight excluding hydrogens is 262 g/mol. The van der Waals surface area contributed by atoms with Crippen molar-refractivity contribution in [3.05, 3.63) is 0 Å². The van der Waals surface area contributed by atoms with Gasteiger partial charge in [-0.15, -0.1) is 0 Å². The lowest BCUT2D eigenvalue weighted by Gasteiger charge is -2.22. The molecule has 0 radical (unpaired) electrons. The molecule has 0 bridgehead atoms. The molecule has 0 amide bonds. The van der Waals surface area contributed by atoms with Gasteiger partial charge in [0.05, 0.1) is 13.2 Å². The molecule has 0 aromatic heterocycles. The molecule has 0 aliphatic carbocycles. The van der Waals surface area contributed by atoms with E-state index in [1.165, 1.54) is 0 Å². The molecule has 0 aromatic rings.